The SMILES string of the molecule is [CH2]CCCC(CC[CH2])C(=O)OCC. The summed E-state index contributed by atoms with van der Waals surface area (Å²) in [6.45, 7) is 9.81. The summed E-state index contributed by atoms with van der Waals surface area (Å²) in [5.41, 5.74) is 0. The van der Waals surface area contributed by atoms with E-state index in [0.717, 1.165) is 32.1 Å². The number of hydrogen-bond donors (Lipinski definition) is 0. The zero-order chi connectivity index (χ0) is 10.1. The molecule has 2 radical (unpaired) electrons. The Morgan fingerprint density at radius 3 is 2.46 bits per heavy atom. The van der Waals surface area contributed by atoms with Gasteiger partial charge in [0, 0.05) is 0 Å². The molecule has 1 unspecified atom stereocenters. The summed E-state index contributed by atoms with van der Waals surface area (Å²) in [5.74, 6) is -0.0289. The van der Waals surface area contributed by atoms with Crippen molar-refractivity contribution >= 4 is 5.97 Å². The molecule has 0 saturated carbocycles. The van der Waals surface area contributed by atoms with E-state index in [9.17, 15) is 4.79 Å². The summed E-state index contributed by atoms with van der Waals surface area (Å²) < 4.78 is 4.97. The molecule has 0 aliphatic rings. The quantitative estimate of drug-likeness (QED) is 0.569. The molecule has 0 spiro atoms. The molecule has 0 aliphatic carbocycles. The van der Waals surface area contributed by atoms with Crippen LogP contribution in [0.3, 0.4) is 0 Å². The highest BCUT2D eigenvalue weighted by atomic mass is 16.5. The van der Waals surface area contributed by atoms with E-state index in [1.807, 2.05) is 6.92 Å². The largest absolute Gasteiger partial charge is 0.466 e. The molecule has 0 aromatic carbocycles. The van der Waals surface area contributed by atoms with Gasteiger partial charge in [-0.1, -0.05) is 33.1 Å². The van der Waals surface area contributed by atoms with Gasteiger partial charge in [-0.25, -0.2) is 0 Å². The van der Waals surface area contributed by atoms with Gasteiger partial charge in [-0.3, -0.25) is 4.79 Å². The van der Waals surface area contributed by atoms with Crippen molar-refractivity contribution < 1.29 is 9.53 Å². The van der Waals surface area contributed by atoms with Gasteiger partial charge in [0.1, 0.15) is 0 Å². The fraction of sp³-hybridized carbons (Fsp3) is 0.727. The lowest BCUT2D eigenvalue weighted by Gasteiger charge is -2.13. The second-order valence-electron chi connectivity index (χ2n) is 3.09. The maximum atomic E-state index is 11.4. The summed E-state index contributed by atoms with van der Waals surface area (Å²) in [6.07, 6.45) is 4.38. The zero-order valence-corrected chi connectivity index (χ0v) is 8.55. The molecule has 13 heavy (non-hydrogen) atoms. The number of hydrogen-bond acceptors (Lipinski definition) is 2. The molecule has 0 bridgehead atoms. The second-order valence-corrected chi connectivity index (χ2v) is 3.09. The standard InChI is InChI=1S/C11H20O2/c1-4-7-9-10(8-5-2)11(12)13-6-3/h10H,1-2,4-9H2,3H3. The number of unbranched alkanes of at least 4 members (excludes halogenated alkanes) is 1. The van der Waals surface area contributed by atoms with Gasteiger partial charge in [0.05, 0.1) is 12.5 Å². The van der Waals surface area contributed by atoms with E-state index >= 15 is 0 Å². The highest BCUT2D eigenvalue weighted by molar-refractivity contribution is 5.72. The van der Waals surface area contributed by atoms with Crippen molar-refractivity contribution in [1.29, 1.82) is 0 Å². The van der Waals surface area contributed by atoms with Crippen molar-refractivity contribution in [3.63, 3.8) is 0 Å². The summed E-state index contributed by atoms with van der Waals surface area (Å²) in [4.78, 5) is 11.4. The lowest BCUT2D eigenvalue weighted by Crippen LogP contribution is -2.17. The Labute approximate surface area is 81.7 Å². The molecule has 1 atom stereocenters. The number of esters is 1. The van der Waals surface area contributed by atoms with E-state index in [0.29, 0.717) is 6.61 Å². The van der Waals surface area contributed by atoms with Gasteiger partial charge in [-0.05, 0) is 19.8 Å². The lowest BCUT2D eigenvalue weighted by molar-refractivity contribution is -0.148. The molecule has 2 heteroatoms. The molecule has 0 rings (SSSR count). The molecule has 0 fully saturated rings. The Kier molecular flexibility index (Phi) is 7.76. The Balaban J connectivity index is 3.83. The Bertz CT molecular complexity index is 132. The maximum Gasteiger partial charge on any atom is 0.308 e. The molecule has 0 N–H and O–H groups in total. The van der Waals surface area contributed by atoms with Crippen LogP contribution in [0.5, 0.6) is 0 Å². The molecular weight excluding hydrogens is 164 g/mol. The van der Waals surface area contributed by atoms with Crippen LogP contribution >= 0.6 is 0 Å². The molecule has 0 saturated heterocycles. The van der Waals surface area contributed by atoms with Crippen LogP contribution in [0, 0.1) is 19.8 Å². The van der Waals surface area contributed by atoms with Gasteiger partial charge in [-0.2, -0.15) is 0 Å². The van der Waals surface area contributed by atoms with Crippen LogP contribution in [0.15, 0.2) is 0 Å². The van der Waals surface area contributed by atoms with Crippen LogP contribution in [0.4, 0.5) is 0 Å². The van der Waals surface area contributed by atoms with Crippen molar-refractivity contribution in [2.45, 2.75) is 39.0 Å². The molecule has 0 amide bonds. The van der Waals surface area contributed by atoms with Crippen molar-refractivity contribution in [3.05, 3.63) is 13.8 Å². The minimum atomic E-state index is -0.0698. The fourth-order valence-corrected chi connectivity index (χ4v) is 1.28. The van der Waals surface area contributed by atoms with E-state index in [1.54, 1.807) is 0 Å². The fourth-order valence-electron chi connectivity index (χ4n) is 1.28. The minimum Gasteiger partial charge on any atom is -0.466 e. The number of rotatable bonds is 7. The zero-order valence-electron chi connectivity index (χ0n) is 8.55. The molecule has 0 aromatic heterocycles. The van der Waals surface area contributed by atoms with Crippen molar-refractivity contribution in [3.8, 4) is 0 Å². The molecule has 0 heterocycles. The Hall–Kier alpha value is -0.530. The normalized spacial score (nSPS) is 12.5. The number of carbonyl (C=O) groups excluding carboxylic acids is 1. The minimum absolute atomic E-state index is 0.0409. The van der Waals surface area contributed by atoms with Gasteiger partial charge < -0.3 is 4.74 Å². The molecular formula is C11H20O2. The molecule has 2 nitrogen and oxygen atoms in total. The summed E-state index contributed by atoms with van der Waals surface area (Å²) >= 11 is 0. The Morgan fingerprint density at radius 2 is 2.00 bits per heavy atom. The highest BCUT2D eigenvalue weighted by Gasteiger charge is 2.17. The van der Waals surface area contributed by atoms with Crippen molar-refractivity contribution in [2.75, 3.05) is 6.61 Å². The lowest BCUT2D eigenvalue weighted by atomic mass is 9.97. The van der Waals surface area contributed by atoms with E-state index in [1.165, 1.54) is 0 Å². The van der Waals surface area contributed by atoms with Crippen LogP contribution in [-0.4, -0.2) is 12.6 Å². The van der Waals surface area contributed by atoms with Crippen LogP contribution in [0.1, 0.15) is 39.0 Å². The highest BCUT2D eigenvalue weighted by Crippen LogP contribution is 2.16. The van der Waals surface area contributed by atoms with E-state index in [-0.39, 0.29) is 11.9 Å². The third-order valence-electron chi connectivity index (χ3n) is 1.98. The number of carbonyl (C=O) groups is 1. The van der Waals surface area contributed by atoms with Gasteiger partial charge in [0.15, 0.2) is 0 Å². The van der Waals surface area contributed by atoms with Gasteiger partial charge in [0.2, 0.25) is 0 Å². The monoisotopic (exact) mass is 184 g/mol. The first-order valence-corrected chi connectivity index (χ1v) is 5.01. The van der Waals surface area contributed by atoms with Gasteiger partial charge in [0.25, 0.3) is 0 Å². The maximum absolute atomic E-state index is 11.4. The average Bonchev–Trinajstić information content (AvgIpc) is 2.12. The molecule has 0 aliphatic heterocycles. The van der Waals surface area contributed by atoms with Crippen molar-refractivity contribution in [2.24, 2.45) is 5.92 Å². The topological polar surface area (TPSA) is 26.3 Å². The average molecular weight is 184 g/mol. The summed E-state index contributed by atoms with van der Waals surface area (Å²) in [6, 6.07) is 0. The smallest absolute Gasteiger partial charge is 0.308 e. The van der Waals surface area contributed by atoms with Crippen LogP contribution in [0.2, 0.25) is 0 Å². The third kappa shape index (κ3) is 5.67. The second kappa shape index (κ2) is 8.09. The first-order chi connectivity index (χ1) is 6.26. The van der Waals surface area contributed by atoms with Crippen LogP contribution < -0.4 is 0 Å². The molecule has 0 aromatic rings. The van der Waals surface area contributed by atoms with E-state index in [2.05, 4.69) is 13.8 Å². The summed E-state index contributed by atoms with van der Waals surface area (Å²) in [7, 11) is 0. The van der Waals surface area contributed by atoms with E-state index in [4.69, 9.17) is 4.74 Å². The predicted molar refractivity (Wildman–Crippen MR) is 53.9 cm³/mol. The van der Waals surface area contributed by atoms with E-state index < -0.39 is 0 Å². The van der Waals surface area contributed by atoms with Crippen molar-refractivity contribution in [1.82, 2.24) is 0 Å². The van der Waals surface area contributed by atoms with Crippen LogP contribution in [0.25, 0.3) is 0 Å². The Morgan fingerprint density at radius 1 is 1.31 bits per heavy atom. The number of ether oxygens (including phenoxy) is 1. The van der Waals surface area contributed by atoms with Gasteiger partial charge in [-0.15, -0.1) is 0 Å². The first-order valence-electron chi connectivity index (χ1n) is 5.01. The predicted octanol–water partition coefficient (Wildman–Crippen LogP) is 2.78. The van der Waals surface area contributed by atoms with Gasteiger partial charge >= 0.3 is 5.97 Å². The third-order valence-corrected chi connectivity index (χ3v) is 1.98. The van der Waals surface area contributed by atoms with Crippen LogP contribution in [-0.2, 0) is 9.53 Å². The molecule has 76 valence electrons. The summed E-state index contributed by atoms with van der Waals surface area (Å²) in [5, 5.41) is 0. The first kappa shape index (κ1) is 12.5.